The number of piperidine rings is 1. The Kier molecular flexibility index (Phi) is 3.21. The lowest BCUT2D eigenvalue weighted by atomic mass is 9.77. The van der Waals surface area contributed by atoms with Crippen LogP contribution in [0.25, 0.3) is 0 Å². The molecule has 1 heterocycles. The first kappa shape index (κ1) is 11.0. The highest BCUT2D eigenvalue weighted by atomic mass is 15.2. The molecule has 3 unspecified atom stereocenters. The van der Waals surface area contributed by atoms with E-state index in [0.717, 1.165) is 24.0 Å². The van der Waals surface area contributed by atoms with Crippen LogP contribution in [0.5, 0.6) is 0 Å². The zero-order chi connectivity index (χ0) is 11.0. The molecule has 3 fully saturated rings. The van der Waals surface area contributed by atoms with E-state index in [1.807, 2.05) is 0 Å². The molecule has 16 heavy (non-hydrogen) atoms. The summed E-state index contributed by atoms with van der Waals surface area (Å²) in [6.07, 6.45) is 10.1. The molecule has 2 nitrogen and oxygen atoms in total. The largest absolute Gasteiger partial charge is 0.314 e. The van der Waals surface area contributed by atoms with Gasteiger partial charge in [0.25, 0.3) is 0 Å². The minimum Gasteiger partial charge on any atom is -0.314 e. The van der Waals surface area contributed by atoms with Gasteiger partial charge in [-0.3, -0.25) is 4.90 Å². The highest BCUT2D eigenvalue weighted by Gasteiger charge is 2.38. The third-order valence-corrected chi connectivity index (χ3v) is 4.90. The Labute approximate surface area is 99.8 Å². The first-order chi connectivity index (χ1) is 7.84. The maximum absolute atomic E-state index is 3.72. The molecule has 0 amide bonds. The van der Waals surface area contributed by atoms with E-state index in [4.69, 9.17) is 0 Å². The van der Waals surface area contributed by atoms with E-state index < -0.39 is 0 Å². The van der Waals surface area contributed by atoms with Crippen molar-refractivity contribution in [2.75, 3.05) is 13.1 Å². The molecule has 3 rings (SSSR count). The van der Waals surface area contributed by atoms with E-state index in [2.05, 4.69) is 17.1 Å². The molecule has 0 radical (unpaired) electrons. The second-order valence-corrected chi connectivity index (χ2v) is 6.17. The van der Waals surface area contributed by atoms with Gasteiger partial charge >= 0.3 is 0 Å². The molecule has 0 aromatic carbocycles. The van der Waals surface area contributed by atoms with E-state index in [1.165, 1.54) is 58.0 Å². The maximum atomic E-state index is 3.72. The predicted octanol–water partition coefficient (Wildman–Crippen LogP) is 2.39. The molecule has 2 aliphatic carbocycles. The zero-order valence-corrected chi connectivity index (χ0v) is 10.6. The molecular formula is C14H26N2. The van der Waals surface area contributed by atoms with E-state index in [9.17, 15) is 0 Å². The molecule has 92 valence electrons. The van der Waals surface area contributed by atoms with Crippen molar-refractivity contribution in [2.24, 2.45) is 5.92 Å². The van der Waals surface area contributed by atoms with Gasteiger partial charge < -0.3 is 5.32 Å². The van der Waals surface area contributed by atoms with Crippen molar-refractivity contribution in [1.82, 2.24) is 10.2 Å². The summed E-state index contributed by atoms with van der Waals surface area (Å²) < 4.78 is 0. The lowest BCUT2D eigenvalue weighted by Crippen LogP contribution is -2.55. The quantitative estimate of drug-likeness (QED) is 0.786. The summed E-state index contributed by atoms with van der Waals surface area (Å²) >= 11 is 0. The predicted molar refractivity (Wildman–Crippen MR) is 67.6 cm³/mol. The van der Waals surface area contributed by atoms with Crippen molar-refractivity contribution < 1.29 is 0 Å². The number of nitrogens with one attached hydrogen (secondary N) is 1. The van der Waals surface area contributed by atoms with Gasteiger partial charge in [-0.05, 0) is 64.5 Å². The molecule has 1 saturated heterocycles. The van der Waals surface area contributed by atoms with E-state index in [-0.39, 0.29) is 0 Å². The fourth-order valence-corrected chi connectivity index (χ4v) is 3.44. The smallest absolute Gasteiger partial charge is 0.0139 e. The first-order valence-corrected chi connectivity index (χ1v) is 7.34. The van der Waals surface area contributed by atoms with Gasteiger partial charge in [-0.1, -0.05) is 6.42 Å². The van der Waals surface area contributed by atoms with Crippen LogP contribution in [0.15, 0.2) is 0 Å². The molecular weight excluding hydrogens is 196 g/mol. The van der Waals surface area contributed by atoms with Crippen LogP contribution < -0.4 is 5.32 Å². The molecule has 0 bridgehead atoms. The molecule has 1 N–H and O–H groups in total. The highest BCUT2D eigenvalue weighted by molar-refractivity contribution is 4.94. The van der Waals surface area contributed by atoms with Crippen molar-refractivity contribution in [1.29, 1.82) is 0 Å². The van der Waals surface area contributed by atoms with Crippen molar-refractivity contribution in [3.63, 3.8) is 0 Å². The Bertz CT molecular complexity index is 237. The van der Waals surface area contributed by atoms with Gasteiger partial charge in [-0.25, -0.2) is 0 Å². The summed E-state index contributed by atoms with van der Waals surface area (Å²) in [5, 5.41) is 3.72. The Morgan fingerprint density at radius 3 is 2.56 bits per heavy atom. The fourth-order valence-electron chi connectivity index (χ4n) is 3.44. The Balaban J connectivity index is 1.48. The van der Waals surface area contributed by atoms with Crippen LogP contribution >= 0.6 is 0 Å². The molecule has 0 spiro atoms. The lowest BCUT2D eigenvalue weighted by Gasteiger charge is -2.49. The zero-order valence-electron chi connectivity index (χ0n) is 10.6. The standard InChI is InChI=1S/C14H26N2/c1-11-4-2-3-9-16(11)14-8-5-12(14)10-15-13-6-7-13/h11-15H,2-10H2,1H3. The van der Waals surface area contributed by atoms with Gasteiger partial charge in [-0.2, -0.15) is 0 Å². The van der Waals surface area contributed by atoms with Crippen molar-refractivity contribution in [2.45, 2.75) is 70.0 Å². The summed E-state index contributed by atoms with van der Waals surface area (Å²) in [7, 11) is 0. The molecule has 0 aromatic heterocycles. The van der Waals surface area contributed by atoms with Gasteiger partial charge in [0.2, 0.25) is 0 Å². The average molecular weight is 222 g/mol. The summed E-state index contributed by atoms with van der Waals surface area (Å²) in [6.45, 7) is 5.09. The number of rotatable bonds is 4. The first-order valence-electron chi connectivity index (χ1n) is 7.34. The van der Waals surface area contributed by atoms with Crippen molar-refractivity contribution in [3.8, 4) is 0 Å². The average Bonchev–Trinajstić information content (AvgIpc) is 3.04. The lowest BCUT2D eigenvalue weighted by molar-refractivity contribution is 0.0137. The minimum absolute atomic E-state index is 0.850. The van der Waals surface area contributed by atoms with Crippen LogP contribution in [0.3, 0.4) is 0 Å². The number of hydrogen-bond acceptors (Lipinski definition) is 2. The summed E-state index contributed by atoms with van der Waals surface area (Å²) in [6, 6.07) is 2.66. The topological polar surface area (TPSA) is 15.3 Å². The Hall–Kier alpha value is -0.0800. The van der Waals surface area contributed by atoms with Gasteiger partial charge in [0.1, 0.15) is 0 Å². The second-order valence-electron chi connectivity index (χ2n) is 6.17. The molecule has 3 atom stereocenters. The van der Waals surface area contributed by atoms with Crippen molar-refractivity contribution >= 4 is 0 Å². The molecule has 2 saturated carbocycles. The fraction of sp³-hybridized carbons (Fsp3) is 1.00. The normalized spacial score (nSPS) is 40.7. The minimum atomic E-state index is 0.850. The van der Waals surface area contributed by atoms with E-state index >= 15 is 0 Å². The third-order valence-electron chi connectivity index (χ3n) is 4.90. The molecule has 0 aromatic rings. The summed E-state index contributed by atoms with van der Waals surface area (Å²) in [4.78, 5) is 2.81. The van der Waals surface area contributed by atoms with Crippen LogP contribution in [0.4, 0.5) is 0 Å². The van der Waals surface area contributed by atoms with E-state index in [0.29, 0.717) is 0 Å². The Morgan fingerprint density at radius 2 is 1.94 bits per heavy atom. The molecule has 3 aliphatic rings. The number of nitrogens with zero attached hydrogens (tertiary/aromatic N) is 1. The van der Waals surface area contributed by atoms with Crippen LogP contribution in [-0.4, -0.2) is 36.1 Å². The summed E-state index contributed by atoms with van der Waals surface area (Å²) in [5.41, 5.74) is 0. The third kappa shape index (κ3) is 2.28. The monoisotopic (exact) mass is 222 g/mol. The second kappa shape index (κ2) is 4.66. The van der Waals surface area contributed by atoms with Crippen LogP contribution in [0.1, 0.15) is 51.9 Å². The number of hydrogen-bond donors (Lipinski definition) is 1. The maximum Gasteiger partial charge on any atom is 0.0139 e. The van der Waals surface area contributed by atoms with E-state index in [1.54, 1.807) is 0 Å². The molecule has 1 aliphatic heterocycles. The van der Waals surface area contributed by atoms with Gasteiger partial charge in [-0.15, -0.1) is 0 Å². The Morgan fingerprint density at radius 1 is 1.06 bits per heavy atom. The van der Waals surface area contributed by atoms with Crippen LogP contribution in [-0.2, 0) is 0 Å². The van der Waals surface area contributed by atoms with Crippen LogP contribution in [0, 0.1) is 5.92 Å². The van der Waals surface area contributed by atoms with Crippen molar-refractivity contribution in [3.05, 3.63) is 0 Å². The molecule has 2 heteroatoms. The van der Waals surface area contributed by atoms with Gasteiger partial charge in [0.15, 0.2) is 0 Å². The van der Waals surface area contributed by atoms with Crippen LogP contribution in [0.2, 0.25) is 0 Å². The number of likely N-dealkylation sites (tertiary alicyclic amines) is 1. The van der Waals surface area contributed by atoms with Gasteiger partial charge in [0, 0.05) is 18.1 Å². The van der Waals surface area contributed by atoms with Gasteiger partial charge in [0.05, 0.1) is 0 Å². The SMILES string of the molecule is CC1CCCCN1C1CCC1CNC1CC1. The summed E-state index contributed by atoms with van der Waals surface area (Å²) in [5.74, 6) is 0.959. The highest BCUT2D eigenvalue weighted by Crippen LogP contribution is 2.36.